The van der Waals surface area contributed by atoms with Crippen LogP contribution in [0.3, 0.4) is 0 Å². The van der Waals surface area contributed by atoms with Gasteiger partial charge in [-0.2, -0.15) is 0 Å². The minimum atomic E-state index is -0.323. The van der Waals surface area contributed by atoms with Gasteiger partial charge in [-0.15, -0.1) is 11.3 Å². The number of thiophene rings is 1. The Bertz CT molecular complexity index is 1150. The fourth-order valence-electron chi connectivity index (χ4n) is 4.94. The van der Waals surface area contributed by atoms with Crippen molar-refractivity contribution in [3.8, 4) is 0 Å². The van der Waals surface area contributed by atoms with Crippen LogP contribution in [-0.4, -0.2) is 47.0 Å². The molecule has 2 aliphatic rings. The Morgan fingerprint density at radius 2 is 1.91 bits per heavy atom. The maximum Gasteiger partial charge on any atom is 0.253 e. The van der Waals surface area contributed by atoms with Crippen molar-refractivity contribution in [3.63, 3.8) is 0 Å². The third-order valence-corrected chi connectivity index (χ3v) is 8.04. The standard InChI is InChI=1S/C26H31FN4OS/c1-3-4-5-22-28-24(23-20-11-6-17(2)16-21(20)33-25(23)29-22)30-12-14-31(15-13-30)26(32)18-7-9-19(27)10-8-18/h7-10,17H,3-6,11-16H2,1-2H3. The van der Waals surface area contributed by atoms with Gasteiger partial charge in [0.15, 0.2) is 0 Å². The van der Waals surface area contributed by atoms with Gasteiger partial charge in [0.25, 0.3) is 5.91 Å². The maximum atomic E-state index is 13.2. The van der Waals surface area contributed by atoms with Gasteiger partial charge < -0.3 is 9.80 Å². The normalized spacial score (nSPS) is 18.6. The van der Waals surface area contributed by atoms with Crippen LogP contribution in [0.4, 0.5) is 10.2 Å². The zero-order chi connectivity index (χ0) is 22.9. The van der Waals surface area contributed by atoms with E-state index in [1.165, 1.54) is 34.4 Å². The molecule has 1 aliphatic heterocycles. The van der Waals surface area contributed by atoms with Gasteiger partial charge in [-0.25, -0.2) is 14.4 Å². The number of carbonyl (C=O) groups excluding carboxylic acids is 1. The number of anilines is 1. The van der Waals surface area contributed by atoms with E-state index in [-0.39, 0.29) is 11.7 Å². The molecule has 3 heterocycles. The highest BCUT2D eigenvalue weighted by Gasteiger charge is 2.28. The largest absolute Gasteiger partial charge is 0.352 e. The number of halogens is 1. The summed E-state index contributed by atoms with van der Waals surface area (Å²) in [6.07, 6.45) is 6.58. The molecular weight excluding hydrogens is 435 g/mol. The van der Waals surface area contributed by atoms with Crippen LogP contribution in [-0.2, 0) is 19.3 Å². The van der Waals surface area contributed by atoms with Gasteiger partial charge in [-0.3, -0.25) is 4.79 Å². The quantitative estimate of drug-likeness (QED) is 0.515. The molecule has 0 N–H and O–H groups in total. The molecule has 33 heavy (non-hydrogen) atoms. The first-order valence-corrected chi connectivity index (χ1v) is 13.0. The summed E-state index contributed by atoms with van der Waals surface area (Å²) < 4.78 is 13.2. The molecule has 5 rings (SSSR count). The summed E-state index contributed by atoms with van der Waals surface area (Å²) in [6, 6.07) is 5.83. The van der Waals surface area contributed by atoms with Crippen molar-refractivity contribution in [1.29, 1.82) is 0 Å². The maximum absolute atomic E-state index is 13.2. The molecule has 5 nitrogen and oxygen atoms in total. The van der Waals surface area contributed by atoms with Crippen LogP contribution in [0.25, 0.3) is 10.2 Å². The van der Waals surface area contributed by atoms with E-state index in [0.29, 0.717) is 18.7 Å². The van der Waals surface area contributed by atoms with Crippen LogP contribution in [0, 0.1) is 11.7 Å². The monoisotopic (exact) mass is 466 g/mol. The van der Waals surface area contributed by atoms with Crippen molar-refractivity contribution in [2.24, 2.45) is 5.92 Å². The van der Waals surface area contributed by atoms with E-state index in [9.17, 15) is 9.18 Å². The van der Waals surface area contributed by atoms with Gasteiger partial charge in [0.05, 0.1) is 5.39 Å². The van der Waals surface area contributed by atoms with Crippen molar-refractivity contribution < 1.29 is 9.18 Å². The number of rotatable bonds is 5. The first-order chi connectivity index (χ1) is 16.0. The molecule has 1 aliphatic carbocycles. The number of hydrogen-bond acceptors (Lipinski definition) is 5. The number of aromatic nitrogens is 2. The lowest BCUT2D eigenvalue weighted by atomic mass is 9.89. The van der Waals surface area contributed by atoms with Crippen molar-refractivity contribution >= 4 is 33.3 Å². The van der Waals surface area contributed by atoms with Crippen LogP contribution < -0.4 is 4.90 Å². The molecule has 1 amide bonds. The molecule has 174 valence electrons. The minimum Gasteiger partial charge on any atom is -0.352 e. The number of amides is 1. The molecule has 1 saturated heterocycles. The Morgan fingerprint density at radius 1 is 1.15 bits per heavy atom. The summed E-state index contributed by atoms with van der Waals surface area (Å²) in [7, 11) is 0. The average Bonchev–Trinajstić information content (AvgIpc) is 3.19. The van der Waals surface area contributed by atoms with Gasteiger partial charge >= 0.3 is 0 Å². The highest BCUT2D eigenvalue weighted by molar-refractivity contribution is 7.19. The van der Waals surface area contributed by atoms with Crippen LogP contribution in [0.2, 0.25) is 0 Å². The fraction of sp³-hybridized carbons (Fsp3) is 0.500. The number of benzene rings is 1. The molecule has 0 saturated carbocycles. The van der Waals surface area contributed by atoms with Gasteiger partial charge in [-0.1, -0.05) is 20.3 Å². The highest BCUT2D eigenvalue weighted by atomic mass is 32.1. The predicted molar refractivity (Wildman–Crippen MR) is 132 cm³/mol. The molecule has 0 spiro atoms. The van der Waals surface area contributed by atoms with Crippen molar-refractivity contribution in [3.05, 3.63) is 51.9 Å². The second-order valence-corrected chi connectivity index (χ2v) is 10.5. The van der Waals surface area contributed by atoms with E-state index in [0.717, 1.165) is 67.6 Å². The third-order valence-electron chi connectivity index (χ3n) is 6.89. The first-order valence-electron chi connectivity index (χ1n) is 12.1. The number of piperazine rings is 1. The number of carbonyl (C=O) groups is 1. The van der Waals surface area contributed by atoms with Gasteiger partial charge in [0.1, 0.15) is 22.3 Å². The molecular formula is C26H31FN4OS. The van der Waals surface area contributed by atoms with E-state index in [4.69, 9.17) is 9.97 Å². The molecule has 3 aromatic rings. The van der Waals surface area contributed by atoms with Crippen LogP contribution in [0.15, 0.2) is 24.3 Å². The van der Waals surface area contributed by atoms with Crippen molar-refractivity contribution in [2.75, 3.05) is 31.1 Å². The molecule has 1 unspecified atom stereocenters. The zero-order valence-electron chi connectivity index (χ0n) is 19.4. The number of hydrogen-bond donors (Lipinski definition) is 0. The Morgan fingerprint density at radius 3 is 2.64 bits per heavy atom. The van der Waals surface area contributed by atoms with E-state index in [1.807, 2.05) is 16.2 Å². The molecule has 0 radical (unpaired) electrons. The number of aryl methyl sites for hydroxylation is 2. The fourth-order valence-corrected chi connectivity index (χ4v) is 6.33. The topological polar surface area (TPSA) is 49.3 Å². The van der Waals surface area contributed by atoms with Crippen LogP contribution in [0.1, 0.15) is 59.7 Å². The van der Waals surface area contributed by atoms with E-state index in [2.05, 4.69) is 18.7 Å². The summed E-state index contributed by atoms with van der Waals surface area (Å²) in [5, 5.41) is 1.25. The molecule has 7 heteroatoms. The SMILES string of the molecule is CCCCc1nc(N2CCN(C(=O)c3ccc(F)cc3)CC2)c2c3c(sc2n1)CC(C)CC3. The Balaban J connectivity index is 1.41. The van der Waals surface area contributed by atoms with E-state index in [1.54, 1.807) is 12.1 Å². The molecule has 0 bridgehead atoms. The first kappa shape index (κ1) is 22.3. The predicted octanol–water partition coefficient (Wildman–Crippen LogP) is 5.26. The highest BCUT2D eigenvalue weighted by Crippen LogP contribution is 2.41. The molecule has 1 aromatic carbocycles. The van der Waals surface area contributed by atoms with Crippen LogP contribution >= 0.6 is 11.3 Å². The van der Waals surface area contributed by atoms with Crippen LogP contribution in [0.5, 0.6) is 0 Å². The number of unbranched alkanes of at least 4 members (excludes halogenated alkanes) is 1. The lowest BCUT2D eigenvalue weighted by molar-refractivity contribution is 0.0746. The average molecular weight is 467 g/mol. The summed E-state index contributed by atoms with van der Waals surface area (Å²) in [6.45, 7) is 7.29. The summed E-state index contributed by atoms with van der Waals surface area (Å²) >= 11 is 1.86. The lowest BCUT2D eigenvalue weighted by Crippen LogP contribution is -2.49. The van der Waals surface area contributed by atoms with Crippen molar-refractivity contribution in [1.82, 2.24) is 14.9 Å². The Hall–Kier alpha value is -2.54. The molecule has 1 atom stereocenters. The summed E-state index contributed by atoms with van der Waals surface area (Å²) in [4.78, 5) is 29.8. The van der Waals surface area contributed by atoms with Gasteiger partial charge in [0.2, 0.25) is 0 Å². The number of nitrogens with zero attached hydrogens (tertiary/aromatic N) is 4. The second kappa shape index (κ2) is 9.37. The zero-order valence-corrected chi connectivity index (χ0v) is 20.3. The summed E-state index contributed by atoms with van der Waals surface area (Å²) in [5.41, 5.74) is 1.99. The van der Waals surface area contributed by atoms with Crippen molar-refractivity contribution in [2.45, 2.75) is 52.4 Å². The smallest absolute Gasteiger partial charge is 0.253 e. The third kappa shape index (κ3) is 4.47. The van der Waals surface area contributed by atoms with Gasteiger partial charge in [0, 0.05) is 43.0 Å². The molecule has 2 aromatic heterocycles. The Labute approximate surface area is 198 Å². The lowest BCUT2D eigenvalue weighted by Gasteiger charge is -2.36. The van der Waals surface area contributed by atoms with E-state index >= 15 is 0 Å². The molecule has 1 fully saturated rings. The van der Waals surface area contributed by atoms with Gasteiger partial charge in [-0.05, 0) is 61.4 Å². The second-order valence-electron chi connectivity index (χ2n) is 9.39. The van der Waals surface area contributed by atoms with E-state index < -0.39 is 0 Å². The minimum absolute atomic E-state index is 0.0342. The summed E-state index contributed by atoms with van der Waals surface area (Å²) in [5.74, 6) is 2.37. The number of fused-ring (bicyclic) bond motifs is 3. The Kier molecular flexibility index (Phi) is 6.32.